The molecule has 0 aliphatic carbocycles. The number of nitrogens with zero attached hydrogens (tertiary/aromatic N) is 7. The van der Waals surface area contributed by atoms with E-state index in [-0.39, 0.29) is 10.9 Å². The maximum atomic E-state index is 13.5. The Balaban J connectivity index is 1.31. The van der Waals surface area contributed by atoms with Crippen LogP contribution in [-0.4, -0.2) is 41.0 Å². The van der Waals surface area contributed by atoms with Crippen LogP contribution >= 0.6 is 11.6 Å². The second-order valence-corrected chi connectivity index (χ2v) is 8.43. The van der Waals surface area contributed by atoms with E-state index < -0.39 is 5.82 Å². The van der Waals surface area contributed by atoms with Gasteiger partial charge in [-0.1, -0.05) is 17.7 Å². The van der Waals surface area contributed by atoms with E-state index in [9.17, 15) is 4.39 Å². The Kier molecular flexibility index (Phi) is 4.88. The number of halogens is 2. The molecule has 0 saturated carbocycles. The van der Waals surface area contributed by atoms with Gasteiger partial charge in [-0.25, -0.2) is 18.8 Å². The van der Waals surface area contributed by atoms with Gasteiger partial charge in [0.05, 0.1) is 22.8 Å². The molecule has 0 radical (unpaired) electrons. The van der Waals surface area contributed by atoms with Crippen LogP contribution in [0.3, 0.4) is 0 Å². The Bertz CT molecular complexity index is 1530. The molecular formula is C23H18ClFN8O. The summed E-state index contributed by atoms with van der Waals surface area (Å²) in [5.74, 6) is 2.20. The summed E-state index contributed by atoms with van der Waals surface area (Å²) >= 11 is 5.95. The van der Waals surface area contributed by atoms with Crippen molar-refractivity contribution in [3.8, 4) is 17.1 Å². The Hall–Kier alpha value is -4.05. The maximum absolute atomic E-state index is 13.5. The topological polar surface area (TPSA) is 95.1 Å². The molecule has 0 saturated heterocycles. The van der Waals surface area contributed by atoms with E-state index in [1.165, 1.54) is 6.07 Å². The molecule has 1 aliphatic rings. The number of anilines is 2. The van der Waals surface area contributed by atoms with Crippen molar-refractivity contribution in [3.63, 3.8) is 0 Å². The SMILES string of the molecule is Cn1nccc1Nc1nccc(-c2cc3n4c(nnc4c2)[C@H](Cc2ccc(F)c(Cl)c2)CO3)n1. The molecule has 5 heterocycles. The van der Waals surface area contributed by atoms with Crippen LogP contribution in [0.5, 0.6) is 5.88 Å². The van der Waals surface area contributed by atoms with E-state index in [4.69, 9.17) is 16.3 Å². The second-order valence-electron chi connectivity index (χ2n) is 8.03. The molecule has 1 aromatic carbocycles. The van der Waals surface area contributed by atoms with Crippen molar-refractivity contribution in [2.75, 3.05) is 11.9 Å². The fraction of sp³-hybridized carbons (Fsp3) is 0.174. The summed E-state index contributed by atoms with van der Waals surface area (Å²) in [7, 11) is 1.84. The van der Waals surface area contributed by atoms with Gasteiger partial charge in [0.25, 0.3) is 0 Å². The quantitative estimate of drug-likeness (QED) is 0.406. The van der Waals surface area contributed by atoms with Gasteiger partial charge in [-0.15, -0.1) is 10.2 Å². The van der Waals surface area contributed by atoms with Gasteiger partial charge in [0, 0.05) is 30.9 Å². The highest BCUT2D eigenvalue weighted by Gasteiger charge is 2.27. The van der Waals surface area contributed by atoms with Crippen molar-refractivity contribution < 1.29 is 9.13 Å². The number of nitrogens with one attached hydrogen (secondary N) is 1. The first kappa shape index (κ1) is 20.5. The number of aromatic nitrogens is 7. The van der Waals surface area contributed by atoms with E-state index in [1.54, 1.807) is 29.2 Å². The first-order chi connectivity index (χ1) is 16.5. The molecule has 1 aliphatic heterocycles. The number of hydrogen-bond donors (Lipinski definition) is 1. The van der Waals surface area contributed by atoms with E-state index in [2.05, 4.69) is 30.6 Å². The third-order valence-electron chi connectivity index (χ3n) is 5.77. The average molecular weight is 477 g/mol. The highest BCUT2D eigenvalue weighted by molar-refractivity contribution is 6.30. The molecule has 6 rings (SSSR count). The fourth-order valence-corrected chi connectivity index (χ4v) is 4.28. The van der Waals surface area contributed by atoms with Gasteiger partial charge in [-0.05, 0) is 36.2 Å². The highest BCUT2D eigenvalue weighted by Crippen LogP contribution is 2.33. The Morgan fingerprint density at radius 1 is 1.15 bits per heavy atom. The number of benzene rings is 1. The smallest absolute Gasteiger partial charge is 0.228 e. The molecule has 9 nitrogen and oxygen atoms in total. The van der Waals surface area contributed by atoms with Gasteiger partial charge in [0.2, 0.25) is 11.8 Å². The molecular weight excluding hydrogens is 459 g/mol. The summed E-state index contributed by atoms with van der Waals surface area (Å²) in [5, 5.41) is 16.2. The third kappa shape index (κ3) is 3.61. The van der Waals surface area contributed by atoms with Gasteiger partial charge in [0.1, 0.15) is 24.1 Å². The molecule has 0 bridgehead atoms. The van der Waals surface area contributed by atoms with E-state index in [0.29, 0.717) is 30.5 Å². The lowest BCUT2D eigenvalue weighted by Crippen LogP contribution is -2.22. The molecule has 4 aromatic heterocycles. The lowest BCUT2D eigenvalue weighted by molar-refractivity contribution is 0.245. The van der Waals surface area contributed by atoms with E-state index >= 15 is 0 Å². The second kappa shape index (κ2) is 8.07. The van der Waals surface area contributed by atoms with Gasteiger partial charge in [-0.2, -0.15) is 5.10 Å². The van der Waals surface area contributed by atoms with Crippen molar-refractivity contribution in [2.45, 2.75) is 12.3 Å². The zero-order valence-corrected chi connectivity index (χ0v) is 18.7. The van der Waals surface area contributed by atoms with Crippen molar-refractivity contribution in [3.05, 3.63) is 77.1 Å². The van der Waals surface area contributed by atoms with Crippen LogP contribution in [0.2, 0.25) is 5.02 Å². The molecule has 0 unspecified atom stereocenters. The number of rotatable bonds is 5. The standard InChI is InChI=1S/C23H18ClFN8O/c1-32-19(5-7-27-32)29-23-26-6-4-18(28-23)14-10-20-30-31-22-15(12-34-21(11-14)33(20)22)8-13-2-3-17(25)16(24)9-13/h2-7,9-11,15H,8,12H2,1H3,(H,26,28,29)/t15-/m1/s1. The minimum Gasteiger partial charge on any atom is -0.478 e. The molecule has 1 atom stereocenters. The predicted octanol–water partition coefficient (Wildman–Crippen LogP) is 4.17. The van der Waals surface area contributed by atoms with Gasteiger partial charge < -0.3 is 10.1 Å². The summed E-state index contributed by atoms with van der Waals surface area (Å²) in [4.78, 5) is 8.93. The van der Waals surface area contributed by atoms with Crippen LogP contribution in [0.25, 0.3) is 16.9 Å². The Morgan fingerprint density at radius 2 is 2.06 bits per heavy atom. The fourth-order valence-electron chi connectivity index (χ4n) is 4.08. The summed E-state index contributed by atoms with van der Waals surface area (Å²) in [5.41, 5.74) is 3.12. The summed E-state index contributed by atoms with van der Waals surface area (Å²) in [6.07, 6.45) is 4.00. The molecule has 170 valence electrons. The molecule has 0 spiro atoms. The van der Waals surface area contributed by atoms with Crippen molar-refractivity contribution in [2.24, 2.45) is 7.05 Å². The van der Waals surface area contributed by atoms with Crippen LogP contribution in [0.4, 0.5) is 16.2 Å². The summed E-state index contributed by atoms with van der Waals surface area (Å²) in [6.45, 7) is 0.420. The lowest BCUT2D eigenvalue weighted by atomic mass is 9.98. The van der Waals surface area contributed by atoms with Crippen molar-refractivity contribution >= 4 is 29.0 Å². The Labute approximate surface area is 198 Å². The number of pyridine rings is 1. The van der Waals surface area contributed by atoms with Crippen LogP contribution < -0.4 is 10.1 Å². The van der Waals surface area contributed by atoms with Crippen molar-refractivity contribution in [1.29, 1.82) is 0 Å². The van der Waals surface area contributed by atoms with Crippen LogP contribution in [0.1, 0.15) is 17.3 Å². The largest absolute Gasteiger partial charge is 0.478 e. The average Bonchev–Trinajstić information content (AvgIpc) is 3.45. The first-order valence-corrected chi connectivity index (χ1v) is 11.0. The van der Waals surface area contributed by atoms with Gasteiger partial charge in [-0.3, -0.25) is 4.68 Å². The minimum atomic E-state index is -0.434. The van der Waals surface area contributed by atoms with Crippen LogP contribution in [0.15, 0.2) is 54.9 Å². The lowest BCUT2D eigenvalue weighted by Gasteiger charge is -2.23. The van der Waals surface area contributed by atoms with Crippen LogP contribution in [0, 0.1) is 5.82 Å². The third-order valence-corrected chi connectivity index (χ3v) is 6.06. The molecule has 0 fully saturated rings. The number of ether oxygens (including phenoxy) is 1. The number of hydrogen-bond acceptors (Lipinski definition) is 7. The number of aryl methyl sites for hydroxylation is 1. The van der Waals surface area contributed by atoms with Crippen LogP contribution in [-0.2, 0) is 13.5 Å². The molecule has 34 heavy (non-hydrogen) atoms. The van der Waals surface area contributed by atoms with E-state index in [1.807, 2.05) is 35.7 Å². The van der Waals surface area contributed by atoms with Gasteiger partial charge in [0.15, 0.2) is 5.65 Å². The zero-order chi connectivity index (χ0) is 23.2. The highest BCUT2D eigenvalue weighted by atomic mass is 35.5. The monoisotopic (exact) mass is 476 g/mol. The predicted molar refractivity (Wildman–Crippen MR) is 124 cm³/mol. The minimum absolute atomic E-state index is 0.0383. The van der Waals surface area contributed by atoms with Gasteiger partial charge >= 0.3 is 0 Å². The first-order valence-electron chi connectivity index (χ1n) is 10.6. The Morgan fingerprint density at radius 3 is 2.88 bits per heavy atom. The molecule has 5 aromatic rings. The van der Waals surface area contributed by atoms with Crippen molar-refractivity contribution in [1.82, 2.24) is 34.3 Å². The molecule has 0 amide bonds. The van der Waals surface area contributed by atoms with E-state index in [0.717, 1.165) is 28.5 Å². The normalized spacial score (nSPS) is 14.9. The zero-order valence-electron chi connectivity index (χ0n) is 18.0. The summed E-state index contributed by atoms with van der Waals surface area (Å²) < 4.78 is 23.2. The maximum Gasteiger partial charge on any atom is 0.228 e. The molecule has 11 heteroatoms. The summed E-state index contributed by atoms with van der Waals surface area (Å²) in [6, 6.07) is 12.2. The molecule has 1 N–H and O–H groups in total.